The van der Waals surface area contributed by atoms with E-state index in [0.717, 1.165) is 54.6 Å². The molecule has 0 aromatic heterocycles. The fraction of sp³-hybridized carbons (Fsp3) is 0. The van der Waals surface area contributed by atoms with Crippen LogP contribution in [0.15, 0.2) is 54.6 Å². The zero-order chi connectivity index (χ0) is 21.2. The van der Waals surface area contributed by atoms with E-state index < -0.39 is 25.3 Å². The molecule has 0 bridgehead atoms. The van der Waals surface area contributed by atoms with Crippen LogP contribution >= 0.6 is 42.6 Å². The highest BCUT2D eigenvalue weighted by Crippen LogP contribution is 2.53. The van der Waals surface area contributed by atoms with Gasteiger partial charge < -0.3 is 13.6 Å². The number of halogens is 6. The molecule has 3 aromatic carbocycles. The number of rotatable bonds is 6. The van der Waals surface area contributed by atoms with E-state index in [1.807, 2.05) is 0 Å². The van der Waals surface area contributed by atoms with Crippen LogP contribution in [-0.4, -0.2) is 0 Å². The molecule has 152 valence electrons. The van der Waals surface area contributed by atoms with Crippen molar-refractivity contribution in [3.05, 3.63) is 87.1 Å². The summed E-state index contributed by atoms with van der Waals surface area (Å²) in [4.78, 5) is 0. The van der Waals surface area contributed by atoms with Crippen LogP contribution in [0.25, 0.3) is 0 Å². The van der Waals surface area contributed by atoms with Crippen LogP contribution in [0.3, 0.4) is 0 Å². The van der Waals surface area contributed by atoms with Gasteiger partial charge in [-0.3, -0.25) is 0 Å². The monoisotopic (exact) mass is 482 g/mol. The molecule has 0 saturated heterocycles. The zero-order valence-electron chi connectivity index (χ0n) is 14.0. The Hall–Kier alpha value is -2.05. The summed E-state index contributed by atoms with van der Waals surface area (Å²) >= 11 is 17.7. The third-order valence-corrected chi connectivity index (χ3v) is 5.46. The number of benzene rings is 3. The Bertz CT molecular complexity index is 977. The first-order chi connectivity index (χ1) is 13.6. The fourth-order valence-electron chi connectivity index (χ4n) is 2.06. The SMILES string of the molecule is O=P(Oc1ccc(F)cc1Cl)(Oc1ccc(F)cc1Cl)Oc1ccc(F)cc1Cl. The highest BCUT2D eigenvalue weighted by molar-refractivity contribution is 7.49. The van der Waals surface area contributed by atoms with Crippen molar-refractivity contribution in [2.75, 3.05) is 0 Å². The molecule has 0 heterocycles. The maximum atomic E-state index is 13.3. The van der Waals surface area contributed by atoms with E-state index in [4.69, 9.17) is 48.4 Å². The van der Waals surface area contributed by atoms with Crippen molar-refractivity contribution in [2.24, 2.45) is 0 Å². The molecular formula is C18H9Cl3F3O4P. The van der Waals surface area contributed by atoms with Gasteiger partial charge in [0.25, 0.3) is 0 Å². The molecule has 0 atom stereocenters. The molecule has 0 unspecified atom stereocenters. The molecule has 0 fully saturated rings. The predicted octanol–water partition coefficient (Wildman–Crippen LogP) is 7.71. The van der Waals surface area contributed by atoms with Gasteiger partial charge in [-0.15, -0.1) is 0 Å². The van der Waals surface area contributed by atoms with E-state index in [9.17, 15) is 17.7 Å². The summed E-state index contributed by atoms with van der Waals surface area (Å²) in [7, 11) is -4.63. The standard InChI is InChI=1S/C18H9Cl3F3O4P/c19-13-7-10(22)1-4-16(13)26-29(25,27-17-5-2-11(23)8-14(17)20)28-18-6-3-12(24)9-15(18)21/h1-9H. The van der Waals surface area contributed by atoms with Crippen molar-refractivity contribution < 1.29 is 31.3 Å². The highest BCUT2D eigenvalue weighted by atomic mass is 35.5. The molecule has 3 aromatic rings. The average Bonchev–Trinajstić information content (AvgIpc) is 2.63. The van der Waals surface area contributed by atoms with Crippen LogP contribution in [0.1, 0.15) is 0 Å². The van der Waals surface area contributed by atoms with Crippen LogP contribution in [0, 0.1) is 17.5 Å². The van der Waals surface area contributed by atoms with Gasteiger partial charge in [0.2, 0.25) is 0 Å². The van der Waals surface area contributed by atoms with Crippen molar-refractivity contribution in [1.82, 2.24) is 0 Å². The fourth-order valence-corrected chi connectivity index (χ4v) is 4.16. The molecule has 3 rings (SSSR count). The maximum Gasteiger partial charge on any atom is 0.647 e. The topological polar surface area (TPSA) is 44.8 Å². The molecule has 4 nitrogen and oxygen atoms in total. The summed E-state index contributed by atoms with van der Waals surface area (Å²) < 4.78 is 69.0. The van der Waals surface area contributed by atoms with Gasteiger partial charge in [-0.05, 0) is 54.6 Å². The Morgan fingerprint density at radius 2 is 0.862 bits per heavy atom. The minimum atomic E-state index is -4.63. The Morgan fingerprint density at radius 3 is 1.10 bits per heavy atom. The maximum absolute atomic E-state index is 13.3. The molecule has 29 heavy (non-hydrogen) atoms. The van der Waals surface area contributed by atoms with Crippen LogP contribution in [0.4, 0.5) is 13.2 Å². The predicted molar refractivity (Wildman–Crippen MR) is 104 cm³/mol. The molecule has 0 radical (unpaired) electrons. The molecule has 0 aliphatic carbocycles. The van der Waals surface area contributed by atoms with Crippen molar-refractivity contribution in [1.29, 1.82) is 0 Å². The summed E-state index contributed by atoms with van der Waals surface area (Å²) in [5.41, 5.74) is 0. The molecule has 0 aliphatic heterocycles. The van der Waals surface area contributed by atoms with Crippen LogP contribution < -0.4 is 13.6 Å². The number of hydrogen-bond acceptors (Lipinski definition) is 4. The van der Waals surface area contributed by atoms with Gasteiger partial charge in [-0.1, -0.05) is 34.8 Å². The lowest BCUT2D eigenvalue weighted by Crippen LogP contribution is -2.08. The summed E-state index contributed by atoms with van der Waals surface area (Å²) in [5.74, 6) is -2.72. The second-order valence-corrected chi connectivity index (χ2v) is 8.11. The summed E-state index contributed by atoms with van der Waals surface area (Å²) in [6, 6.07) is 9.02. The Morgan fingerprint density at radius 1 is 0.586 bits per heavy atom. The van der Waals surface area contributed by atoms with Gasteiger partial charge in [0.05, 0.1) is 15.1 Å². The first kappa shape index (κ1) is 21.7. The zero-order valence-corrected chi connectivity index (χ0v) is 17.2. The van der Waals surface area contributed by atoms with Crippen molar-refractivity contribution in [2.45, 2.75) is 0 Å². The molecule has 0 saturated carbocycles. The Balaban J connectivity index is 2.00. The lowest BCUT2D eigenvalue weighted by molar-refractivity contribution is 0.298. The van der Waals surface area contributed by atoms with Gasteiger partial charge >= 0.3 is 7.82 Å². The third-order valence-electron chi connectivity index (χ3n) is 3.31. The van der Waals surface area contributed by atoms with Gasteiger partial charge in [0.15, 0.2) is 17.2 Å². The van der Waals surface area contributed by atoms with Crippen LogP contribution in [0.5, 0.6) is 17.2 Å². The first-order valence-electron chi connectivity index (χ1n) is 7.69. The lowest BCUT2D eigenvalue weighted by atomic mass is 10.3. The lowest BCUT2D eigenvalue weighted by Gasteiger charge is -2.21. The number of hydrogen-bond donors (Lipinski definition) is 0. The smallest absolute Gasteiger partial charge is 0.384 e. The second-order valence-electron chi connectivity index (χ2n) is 5.45. The van der Waals surface area contributed by atoms with Crippen LogP contribution in [-0.2, 0) is 4.57 Å². The third kappa shape index (κ3) is 5.52. The summed E-state index contributed by atoms with van der Waals surface area (Å²) in [6.07, 6.45) is 0. The second kappa shape index (κ2) is 8.76. The van der Waals surface area contributed by atoms with E-state index in [0.29, 0.717) is 0 Å². The molecule has 0 aliphatic rings. The quantitative estimate of drug-likeness (QED) is 0.337. The van der Waals surface area contributed by atoms with E-state index in [1.54, 1.807) is 0 Å². The highest BCUT2D eigenvalue weighted by Gasteiger charge is 2.35. The van der Waals surface area contributed by atoms with E-state index in [2.05, 4.69) is 0 Å². The van der Waals surface area contributed by atoms with Gasteiger partial charge in [0.1, 0.15) is 17.5 Å². The van der Waals surface area contributed by atoms with Gasteiger partial charge in [-0.25, -0.2) is 13.2 Å². The van der Waals surface area contributed by atoms with Crippen LogP contribution in [0.2, 0.25) is 15.1 Å². The van der Waals surface area contributed by atoms with E-state index in [1.165, 1.54) is 0 Å². The largest absolute Gasteiger partial charge is 0.647 e. The minimum Gasteiger partial charge on any atom is -0.384 e. The number of phosphoric ester groups is 1. The molecular weight excluding hydrogens is 475 g/mol. The molecule has 11 heteroatoms. The average molecular weight is 484 g/mol. The van der Waals surface area contributed by atoms with Gasteiger partial charge in [0, 0.05) is 0 Å². The van der Waals surface area contributed by atoms with Gasteiger partial charge in [-0.2, -0.15) is 4.57 Å². The molecule has 0 N–H and O–H groups in total. The minimum absolute atomic E-state index is 0.229. The molecule has 0 amide bonds. The Labute approximate surface area is 178 Å². The van der Waals surface area contributed by atoms with Crippen molar-refractivity contribution in [3.63, 3.8) is 0 Å². The van der Waals surface area contributed by atoms with Crippen molar-refractivity contribution >= 4 is 42.6 Å². The molecule has 0 spiro atoms. The summed E-state index contributed by atoms with van der Waals surface area (Å²) in [6.45, 7) is 0. The normalized spacial score (nSPS) is 11.2. The van der Waals surface area contributed by atoms with Crippen molar-refractivity contribution in [3.8, 4) is 17.2 Å². The van der Waals surface area contributed by atoms with E-state index in [-0.39, 0.29) is 32.3 Å². The summed E-state index contributed by atoms with van der Waals surface area (Å²) in [5, 5.41) is -0.687. The first-order valence-corrected chi connectivity index (χ1v) is 10.3. The van der Waals surface area contributed by atoms with E-state index >= 15 is 0 Å². The number of phosphoric acid groups is 1. The Kier molecular flexibility index (Phi) is 6.54.